The fraction of sp³-hybridized carbons (Fsp3) is 0.231. The van der Waals surface area contributed by atoms with E-state index < -0.39 is 0 Å². The third-order valence-corrected chi connectivity index (χ3v) is 2.36. The molecule has 0 fully saturated rings. The molecule has 1 aromatic rings. The van der Waals surface area contributed by atoms with Gasteiger partial charge in [0.1, 0.15) is 5.82 Å². The molecule has 0 aliphatic carbocycles. The van der Waals surface area contributed by atoms with E-state index in [1.54, 1.807) is 18.3 Å². The number of allylic oxidation sites excluding steroid dienone is 1. The van der Waals surface area contributed by atoms with Gasteiger partial charge in [-0.1, -0.05) is 12.7 Å². The second-order valence-corrected chi connectivity index (χ2v) is 3.64. The highest BCUT2D eigenvalue weighted by Gasteiger charge is 2.05. The second kappa shape index (κ2) is 7.11. The zero-order valence-electron chi connectivity index (χ0n) is 10.4. The highest BCUT2D eigenvalue weighted by Crippen LogP contribution is 2.01. The molecule has 0 aliphatic heterocycles. The lowest BCUT2D eigenvalue weighted by atomic mass is 10.2. The Morgan fingerprint density at radius 1 is 1.56 bits per heavy atom. The van der Waals surface area contributed by atoms with Crippen molar-refractivity contribution < 1.29 is 4.79 Å². The molecule has 0 radical (unpaired) electrons. The Kier molecular flexibility index (Phi) is 5.44. The molecule has 4 N–H and O–H groups in total. The van der Waals surface area contributed by atoms with Crippen LogP contribution in [0.2, 0.25) is 0 Å². The molecule has 0 aromatic carbocycles. The minimum Gasteiger partial charge on any atom is -0.384 e. The zero-order chi connectivity index (χ0) is 13.4. The summed E-state index contributed by atoms with van der Waals surface area (Å²) in [6.07, 6.45) is 5.74. The molecule has 1 heterocycles. The van der Waals surface area contributed by atoms with Gasteiger partial charge in [-0.05, 0) is 25.3 Å². The molecular weight excluding hydrogens is 228 g/mol. The van der Waals surface area contributed by atoms with Crippen molar-refractivity contribution in [3.05, 3.63) is 48.4 Å². The third-order valence-electron chi connectivity index (χ3n) is 2.36. The van der Waals surface area contributed by atoms with E-state index in [-0.39, 0.29) is 5.91 Å². The number of nitrogens with two attached hydrogens (primary N) is 1. The maximum absolute atomic E-state index is 11.7. The lowest BCUT2D eigenvalue weighted by molar-refractivity contribution is 0.0953. The first kappa shape index (κ1) is 13.8. The minimum atomic E-state index is -0.156. The molecule has 5 nitrogen and oxygen atoms in total. The van der Waals surface area contributed by atoms with Gasteiger partial charge in [-0.25, -0.2) is 4.98 Å². The summed E-state index contributed by atoms with van der Waals surface area (Å²) in [6, 6.07) is 3.25. The van der Waals surface area contributed by atoms with Crippen LogP contribution in [-0.4, -0.2) is 17.4 Å². The maximum Gasteiger partial charge on any atom is 0.252 e. The molecule has 0 atom stereocenters. The topological polar surface area (TPSA) is 80.0 Å². The first-order valence-corrected chi connectivity index (χ1v) is 5.69. The van der Waals surface area contributed by atoms with Gasteiger partial charge in [0.15, 0.2) is 0 Å². The predicted octanol–water partition coefficient (Wildman–Crippen LogP) is 1.42. The largest absolute Gasteiger partial charge is 0.384 e. The zero-order valence-corrected chi connectivity index (χ0v) is 10.4. The van der Waals surface area contributed by atoms with Crippen LogP contribution in [-0.2, 0) is 0 Å². The van der Waals surface area contributed by atoms with Gasteiger partial charge in [-0.2, -0.15) is 0 Å². The van der Waals surface area contributed by atoms with Crippen molar-refractivity contribution in [3.63, 3.8) is 0 Å². The van der Waals surface area contributed by atoms with E-state index in [1.165, 1.54) is 6.20 Å². The number of nitrogen functional groups attached to an aromatic ring is 1. The Morgan fingerprint density at radius 2 is 2.33 bits per heavy atom. The van der Waals surface area contributed by atoms with Crippen molar-refractivity contribution >= 4 is 11.7 Å². The van der Waals surface area contributed by atoms with Crippen LogP contribution < -0.4 is 16.4 Å². The summed E-state index contributed by atoms with van der Waals surface area (Å²) < 4.78 is 0. The molecule has 0 bridgehead atoms. The average molecular weight is 246 g/mol. The Bertz CT molecular complexity index is 437. The highest BCUT2D eigenvalue weighted by molar-refractivity contribution is 5.93. The monoisotopic (exact) mass is 246 g/mol. The number of pyridine rings is 1. The van der Waals surface area contributed by atoms with Crippen molar-refractivity contribution in [3.8, 4) is 0 Å². The molecule has 0 aliphatic rings. The average Bonchev–Trinajstić information content (AvgIpc) is 2.38. The van der Waals surface area contributed by atoms with E-state index in [0.717, 1.165) is 12.1 Å². The summed E-state index contributed by atoms with van der Waals surface area (Å²) in [7, 11) is 0. The number of carbonyl (C=O) groups is 1. The van der Waals surface area contributed by atoms with Crippen LogP contribution in [0.4, 0.5) is 5.82 Å². The van der Waals surface area contributed by atoms with Gasteiger partial charge in [-0.15, -0.1) is 0 Å². The summed E-state index contributed by atoms with van der Waals surface area (Å²) >= 11 is 0. The summed E-state index contributed by atoms with van der Waals surface area (Å²) in [4.78, 5) is 15.6. The van der Waals surface area contributed by atoms with Crippen LogP contribution >= 0.6 is 0 Å². The smallest absolute Gasteiger partial charge is 0.252 e. The Morgan fingerprint density at radius 3 is 2.89 bits per heavy atom. The minimum absolute atomic E-state index is 0.156. The van der Waals surface area contributed by atoms with Crippen molar-refractivity contribution in [1.29, 1.82) is 0 Å². The van der Waals surface area contributed by atoms with Crippen molar-refractivity contribution in [2.45, 2.75) is 13.3 Å². The molecule has 1 aromatic heterocycles. The summed E-state index contributed by atoms with van der Waals surface area (Å²) in [6.45, 7) is 6.06. The second-order valence-electron chi connectivity index (χ2n) is 3.64. The summed E-state index contributed by atoms with van der Waals surface area (Å²) in [5, 5.41) is 5.80. The maximum atomic E-state index is 11.7. The van der Waals surface area contributed by atoms with Gasteiger partial charge in [0.05, 0.1) is 5.56 Å². The molecule has 5 heteroatoms. The van der Waals surface area contributed by atoms with E-state index in [2.05, 4.69) is 22.2 Å². The van der Waals surface area contributed by atoms with E-state index in [4.69, 9.17) is 5.73 Å². The van der Waals surface area contributed by atoms with Gasteiger partial charge in [0.2, 0.25) is 0 Å². The van der Waals surface area contributed by atoms with E-state index >= 15 is 0 Å². The first-order valence-electron chi connectivity index (χ1n) is 5.69. The first-order chi connectivity index (χ1) is 8.67. The fourth-order valence-electron chi connectivity index (χ4n) is 1.38. The molecule has 0 saturated heterocycles. The number of rotatable bonds is 6. The van der Waals surface area contributed by atoms with Crippen molar-refractivity contribution in [2.75, 3.05) is 12.3 Å². The Balaban J connectivity index is 2.42. The number of nitrogens with one attached hydrogen (secondary N) is 2. The number of nitrogens with zero attached hydrogens (tertiary/aromatic N) is 1. The molecular formula is C13H18N4O. The number of anilines is 1. The van der Waals surface area contributed by atoms with E-state index in [0.29, 0.717) is 17.9 Å². The molecule has 0 saturated carbocycles. The molecule has 1 amide bonds. The van der Waals surface area contributed by atoms with Crippen LogP contribution in [0.15, 0.2) is 42.9 Å². The number of aromatic nitrogens is 1. The molecule has 18 heavy (non-hydrogen) atoms. The fourth-order valence-corrected chi connectivity index (χ4v) is 1.38. The Hall–Kier alpha value is -2.30. The van der Waals surface area contributed by atoms with Crippen LogP contribution in [0.3, 0.4) is 0 Å². The summed E-state index contributed by atoms with van der Waals surface area (Å²) in [5.74, 6) is 0.245. The van der Waals surface area contributed by atoms with Crippen LogP contribution in [0.5, 0.6) is 0 Å². The summed E-state index contributed by atoms with van der Waals surface area (Å²) in [5.41, 5.74) is 6.97. The van der Waals surface area contributed by atoms with Gasteiger partial charge in [0.25, 0.3) is 5.91 Å². The molecule has 1 rings (SSSR count). The van der Waals surface area contributed by atoms with Gasteiger partial charge in [0, 0.05) is 24.9 Å². The number of hydrogen-bond donors (Lipinski definition) is 3. The predicted molar refractivity (Wildman–Crippen MR) is 72.7 cm³/mol. The van der Waals surface area contributed by atoms with Crippen molar-refractivity contribution in [2.24, 2.45) is 0 Å². The quantitative estimate of drug-likeness (QED) is 0.709. The van der Waals surface area contributed by atoms with Crippen molar-refractivity contribution in [1.82, 2.24) is 15.6 Å². The molecule has 0 spiro atoms. The lowest BCUT2D eigenvalue weighted by Gasteiger charge is -2.08. The SMILES string of the molecule is C=CN/C(=C\C)CCNC(=O)c1ccc(N)nc1. The van der Waals surface area contributed by atoms with Crippen LogP contribution in [0.25, 0.3) is 0 Å². The Labute approximate surface area is 107 Å². The highest BCUT2D eigenvalue weighted by atomic mass is 16.1. The van der Waals surface area contributed by atoms with Gasteiger partial charge in [-0.3, -0.25) is 4.79 Å². The number of carbonyl (C=O) groups excluding carboxylic acids is 1. The van der Waals surface area contributed by atoms with Gasteiger partial charge >= 0.3 is 0 Å². The number of amides is 1. The molecule has 0 unspecified atom stereocenters. The van der Waals surface area contributed by atoms with Gasteiger partial charge < -0.3 is 16.4 Å². The van der Waals surface area contributed by atoms with E-state index in [1.807, 2.05) is 13.0 Å². The van der Waals surface area contributed by atoms with E-state index in [9.17, 15) is 4.79 Å². The van der Waals surface area contributed by atoms with Crippen LogP contribution in [0.1, 0.15) is 23.7 Å². The normalized spacial score (nSPS) is 10.8. The lowest BCUT2D eigenvalue weighted by Crippen LogP contribution is -2.26. The standard InChI is InChI=1S/C13H18N4O/c1-3-11(15-4-2)7-8-16-13(18)10-5-6-12(14)17-9-10/h3-6,9,15H,2,7-8H2,1H3,(H2,14,17)(H,16,18)/b11-3-. The van der Waals surface area contributed by atoms with Crippen LogP contribution in [0, 0.1) is 0 Å². The number of hydrogen-bond acceptors (Lipinski definition) is 4. The molecule has 96 valence electrons. The third kappa shape index (κ3) is 4.29.